The summed E-state index contributed by atoms with van der Waals surface area (Å²) in [7, 11) is -2.36. The molecule has 0 aliphatic carbocycles. The molecule has 0 saturated carbocycles. The molecule has 524 valence electrons. The van der Waals surface area contributed by atoms with Crippen molar-refractivity contribution in [3.63, 3.8) is 0 Å². The van der Waals surface area contributed by atoms with E-state index in [0.717, 1.165) is 12.5 Å². The zero-order chi connectivity index (χ0) is 74.2. The smallest absolute Gasteiger partial charge is 0.0652 e. The second-order valence-electron chi connectivity index (χ2n) is 32.6. The van der Waals surface area contributed by atoms with Gasteiger partial charge in [0.1, 0.15) is 0 Å². The summed E-state index contributed by atoms with van der Waals surface area (Å²) in [5.41, 5.74) is 20.0. The molecule has 0 fully saturated rings. The van der Waals surface area contributed by atoms with Crippen molar-refractivity contribution in [2.24, 2.45) is 0 Å². The first kappa shape index (κ1) is 66.2. The molecule has 111 heavy (non-hydrogen) atoms. The van der Waals surface area contributed by atoms with Crippen LogP contribution < -0.4 is 5.19 Å². The Bertz CT molecular complexity index is 7470. The van der Waals surface area contributed by atoms with E-state index in [-0.39, 0.29) is 5.41 Å². The van der Waals surface area contributed by atoms with E-state index in [4.69, 9.17) is 0 Å². The van der Waals surface area contributed by atoms with Gasteiger partial charge in [-0.15, -0.1) is 0 Å². The van der Waals surface area contributed by atoms with Gasteiger partial charge in [0.25, 0.3) is 0 Å². The maximum atomic E-state index is 2.62. The van der Waals surface area contributed by atoms with Crippen molar-refractivity contribution in [1.29, 1.82) is 0 Å². The Balaban J connectivity index is 0.750. The van der Waals surface area contributed by atoms with Gasteiger partial charge in [0.15, 0.2) is 0 Å². The molecule has 0 amide bonds. The van der Waals surface area contributed by atoms with Crippen molar-refractivity contribution in [3.8, 4) is 66.8 Å². The zero-order valence-electron chi connectivity index (χ0n) is 63.1. The molecule has 0 heterocycles. The summed E-state index contributed by atoms with van der Waals surface area (Å²) in [5, 5.41) is 31.6. The van der Waals surface area contributed by atoms with Crippen LogP contribution in [0.4, 0.5) is 0 Å². The summed E-state index contributed by atoms with van der Waals surface area (Å²) < 4.78 is 0. The van der Waals surface area contributed by atoms with Gasteiger partial charge in [-0.2, -0.15) is 0 Å². The normalized spacial score (nSPS) is 12.3. The summed E-state index contributed by atoms with van der Waals surface area (Å²) >= 11 is 0. The number of hydrogen-bond donors (Lipinski definition) is 0. The summed E-state index contributed by atoms with van der Waals surface area (Å²) in [6.07, 6.45) is 0.822. The first-order chi connectivity index (χ1) is 54.4. The topological polar surface area (TPSA) is 0 Å². The van der Waals surface area contributed by atoms with Crippen LogP contribution in [0.1, 0.15) is 36.1 Å². The van der Waals surface area contributed by atoms with Crippen LogP contribution in [0.15, 0.2) is 370 Å². The van der Waals surface area contributed by atoms with E-state index in [2.05, 4.69) is 404 Å². The highest BCUT2D eigenvalue weighted by Gasteiger charge is 2.30. The lowest BCUT2D eigenvalue weighted by atomic mass is 9.76. The minimum atomic E-state index is -2.36. The van der Waals surface area contributed by atoms with Gasteiger partial charge in [0, 0.05) is 0 Å². The molecule has 0 unspecified atom stereocenters. The quantitative estimate of drug-likeness (QED) is 0.0845. The molecule has 0 aliphatic rings. The van der Waals surface area contributed by atoms with Crippen molar-refractivity contribution in [2.45, 2.75) is 51.7 Å². The third-order valence-electron chi connectivity index (χ3n) is 24.6. The molecule has 0 bridgehead atoms. The van der Waals surface area contributed by atoms with Gasteiger partial charge >= 0.3 is 0 Å². The van der Waals surface area contributed by atoms with Gasteiger partial charge in [0.2, 0.25) is 0 Å². The maximum Gasteiger partial charge on any atom is 0.0849 e. The van der Waals surface area contributed by atoms with E-state index in [1.807, 2.05) is 0 Å². The fraction of sp³-hybridized carbons (Fsp3) is 0.0727. The number of fused-ring (bicyclic) bond motifs is 12. The van der Waals surface area contributed by atoms with Gasteiger partial charge < -0.3 is 0 Å². The minimum Gasteiger partial charge on any atom is -0.0652 e. The van der Waals surface area contributed by atoms with Crippen LogP contribution >= 0.6 is 0 Å². The second kappa shape index (κ2) is 26.1. The third kappa shape index (κ3) is 11.4. The lowest BCUT2D eigenvalue weighted by Gasteiger charge is -2.28. The molecular formula is C110H80Si. The number of rotatable bonds is 12. The summed E-state index contributed by atoms with van der Waals surface area (Å²) in [6.45, 7) is 12.4. The van der Waals surface area contributed by atoms with Crippen LogP contribution in [0.2, 0.25) is 13.1 Å². The predicted octanol–water partition coefficient (Wildman–Crippen LogP) is 30.1. The van der Waals surface area contributed by atoms with E-state index in [0.29, 0.717) is 0 Å². The lowest BCUT2D eigenvalue weighted by Crippen LogP contribution is -2.44. The van der Waals surface area contributed by atoms with Crippen molar-refractivity contribution in [1.82, 2.24) is 0 Å². The Hall–Kier alpha value is -13.0. The van der Waals surface area contributed by atoms with E-state index >= 15 is 0 Å². The number of benzene rings is 21. The molecular weight excluding hydrogens is 1350 g/mol. The highest BCUT2D eigenvalue weighted by atomic mass is 28.3. The van der Waals surface area contributed by atoms with Crippen molar-refractivity contribution in [2.75, 3.05) is 0 Å². The fourth-order valence-electron chi connectivity index (χ4n) is 19.1. The van der Waals surface area contributed by atoms with Crippen LogP contribution in [0, 0.1) is 6.92 Å². The molecule has 0 radical (unpaired) electrons. The summed E-state index contributed by atoms with van der Waals surface area (Å²) in [4.78, 5) is 0. The Morgan fingerprint density at radius 2 is 0.486 bits per heavy atom. The maximum absolute atomic E-state index is 2.62. The van der Waals surface area contributed by atoms with E-state index < -0.39 is 8.07 Å². The molecule has 1 heteroatoms. The molecule has 0 atom stereocenters. The van der Waals surface area contributed by atoms with Gasteiger partial charge in [-0.3, -0.25) is 0 Å². The molecule has 0 aromatic heterocycles. The molecule has 0 spiro atoms. The van der Waals surface area contributed by atoms with E-state index in [9.17, 15) is 0 Å². The molecule has 21 aromatic rings. The van der Waals surface area contributed by atoms with Crippen LogP contribution in [0.25, 0.3) is 196 Å². The number of aryl methyl sites for hydroxylation is 1. The predicted molar refractivity (Wildman–Crippen MR) is 484 cm³/mol. The zero-order valence-corrected chi connectivity index (χ0v) is 64.1. The Morgan fingerprint density at radius 1 is 0.216 bits per heavy atom. The third-order valence-corrected chi connectivity index (χ3v) is 27.8. The van der Waals surface area contributed by atoms with Gasteiger partial charge in [-0.05, 0) is 280 Å². The average molecular weight is 1430 g/mol. The van der Waals surface area contributed by atoms with E-state index in [1.165, 1.54) is 223 Å². The highest BCUT2D eigenvalue weighted by molar-refractivity contribution is 6.89. The van der Waals surface area contributed by atoms with Crippen LogP contribution in [0.3, 0.4) is 0 Å². The highest BCUT2D eigenvalue weighted by Crippen LogP contribution is 2.51. The average Bonchev–Trinajstić information content (AvgIpc) is 0.727. The molecule has 0 saturated heterocycles. The van der Waals surface area contributed by atoms with Crippen LogP contribution in [-0.2, 0) is 17.9 Å². The van der Waals surface area contributed by atoms with Crippen LogP contribution in [0.5, 0.6) is 0 Å². The first-order valence-electron chi connectivity index (χ1n) is 39.3. The van der Waals surface area contributed by atoms with Gasteiger partial charge in [0.05, 0.1) is 8.07 Å². The molecule has 21 rings (SSSR count). The van der Waals surface area contributed by atoms with Crippen molar-refractivity contribution in [3.05, 3.63) is 392 Å². The summed E-state index contributed by atoms with van der Waals surface area (Å²) in [6, 6.07) is 143. The Morgan fingerprint density at radius 3 is 0.874 bits per heavy atom. The van der Waals surface area contributed by atoms with Gasteiger partial charge in [-0.1, -0.05) is 365 Å². The lowest BCUT2D eigenvalue weighted by molar-refractivity contribution is 0.523. The monoisotopic (exact) mass is 1430 g/mol. The molecule has 0 N–H and O–H groups in total. The minimum absolute atomic E-state index is 0.313. The van der Waals surface area contributed by atoms with Crippen LogP contribution in [-0.4, -0.2) is 8.07 Å². The SMILES string of the molecule is Cc1ccc2c(-c3ccc4ccccc4c3)c3ccc(CC(C)(C)c4ccc5c(-c6ccc7ccccc7c6)c6ccc(C[Si](C)(C)c7ccc8c(-c9ccc%10ccccc%10c9)c9ccccc9c(-c9ccc%10ccccc%10c9)c8c7)cc6c(-c6ccc7ccccc7c6)c5c4)cc3c(-c3ccc4ccccc4c3)c2c1. The Kier molecular flexibility index (Phi) is 15.6. The second-order valence-corrected chi connectivity index (χ2v) is 37.3. The molecule has 0 aliphatic heterocycles. The summed E-state index contributed by atoms with van der Waals surface area (Å²) in [5.74, 6) is 0. The Labute approximate surface area is 648 Å². The van der Waals surface area contributed by atoms with E-state index in [1.54, 1.807) is 0 Å². The number of hydrogen-bond acceptors (Lipinski definition) is 0. The fourth-order valence-corrected chi connectivity index (χ4v) is 21.6. The van der Waals surface area contributed by atoms with Gasteiger partial charge in [-0.25, -0.2) is 0 Å². The van der Waals surface area contributed by atoms with Crippen molar-refractivity contribution >= 4 is 143 Å². The van der Waals surface area contributed by atoms with Crippen molar-refractivity contribution < 1.29 is 0 Å². The largest absolute Gasteiger partial charge is 0.0849 e. The molecule has 21 aromatic carbocycles. The molecule has 0 nitrogen and oxygen atoms in total. The first-order valence-corrected chi connectivity index (χ1v) is 42.5. The standard InChI is InChI=1S/C110H80Si/c1-69-34-51-94-99(56-69)108(88-47-41-76-24-10-16-30-82(76)63-88)100-57-70(35-52-95(100)105(94)85-44-38-73-21-7-13-27-79(73)60-85)67-110(2,3)90-49-54-97-102(65-90)109(89-48-42-77-25-11-17-31-83(77)64-89)101-58-71(36-53-96(101)106(97)86-45-39-74-22-8-14-28-80(74)61-86)68-111(4,5)91-50-55-98-103(66-91)107(87-46-40-75-23-9-15-29-81(75)62-87)93-33-19-18-32-92(93)104(98)84-43-37-72-20-6-12-26-78(72)59-84/h6-66H,67-68H2,1-5H3.